The third-order valence-corrected chi connectivity index (χ3v) is 7.01. The summed E-state index contributed by atoms with van der Waals surface area (Å²) >= 11 is 0. The van der Waals surface area contributed by atoms with Crippen LogP contribution in [0.5, 0.6) is 11.5 Å². The number of unbranched alkanes of at least 4 members (excludes halogenated alkanes) is 3. The van der Waals surface area contributed by atoms with E-state index in [-0.39, 0.29) is 31.6 Å². The fraction of sp³-hybridized carbons (Fsp3) is 0.643. The highest BCUT2D eigenvalue weighted by molar-refractivity contribution is 5.96. The molecule has 1 aromatic rings. The van der Waals surface area contributed by atoms with Crippen LogP contribution in [0.2, 0.25) is 0 Å². The summed E-state index contributed by atoms with van der Waals surface area (Å²) in [5, 5.41) is 33.4. The van der Waals surface area contributed by atoms with E-state index < -0.39 is 30.1 Å². The summed E-state index contributed by atoms with van der Waals surface area (Å²) in [5.41, 5.74) is 1.59. The number of rotatable bonds is 13. The molecule has 9 heteroatoms. The van der Waals surface area contributed by atoms with Gasteiger partial charge in [0.1, 0.15) is 12.2 Å². The summed E-state index contributed by atoms with van der Waals surface area (Å²) in [4.78, 5) is 28.4. The Morgan fingerprint density at radius 3 is 2.57 bits per heavy atom. The van der Waals surface area contributed by atoms with Gasteiger partial charge in [0.25, 0.3) is 0 Å². The third-order valence-electron chi connectivity index (χ3n) is 7.01. The SMILES string of the molecule is CCCCCCN(C(=O)CC(C)C)C1C=C(C(=O)NCCO)C2c3cc(CO)cc(OC)c3OC2C1O. The predicted molar refractivity (Wildman–Crippen MR) is 139 cm³/mol. The second-order valence-electron chi connectivity index (χ2n) is 10.3. The number of carbonyl (C=O) groups is 2. The van der Waals surface area contributed by atoms with Crippen molar-refractivity contribution in [1.29, 1.82) is 0 Å². The quantitative estimate of drug-likeness (QED) is 0.295. The van der Waals surface area contributed by atoms with Crippen LogP contribution >= 0.6 is 0 Å². The minimum absolute atomic E-state index is 0.0709. The van der Waals surface area contributed by atoms with E-state index in [0.29, 0.717) is 41.2 Å². The summed E-state index contributed by atoms with van der Waals surface area (Å²) in [6.07, 6.45) is 3.99. The first-order valence-electron chi connectivity index (χ1n) is 13.3. The largest absolute Gasteiger partial charge is 0.493 e. The van der Waals surface area contributed by atoms with Crippen molar-refractivity contribution < 1.29 is 34.4 Å². The Labute approximate surface area is 219 Å². The van der Waals surface area contributed by atoms with Crippen molar-refractivity contribution >= 4 is 11.8 Å². The van der Waals surface area contributed by atoms with Crippen molar-refractivity contribution in [2.24, 2.45) is 5.92 Å². The minimum Gasteiger partial charge on any atom is -0.493 e. The van der Waals surface area contributed by atoms with Crippen LogP contribution in [0.25, 0.3) is 0 Å². The number of amides is 2. The molecule has 0 radical (unpaired) electrons. The monoisotopic (exact) mass is 518 g/mol. The van der Waals surface area contributed by atoms with Gasteiger partial charge in [-0.2, -0.15) is 0 Å². The lowest BCUT2D eigenvalue weighted by molar-refractivity contribution is -0.138. The predicted octanol–water partition coefficient (Wildman–Crippen LogP) is 2.27. The molecule has 2 aliphatic rings. The molecule has 0 fully saturated rings. The fourth-order valence-electron chi connectivity index (χ4n) is 5.23. The maximum atomic E-state index is 13.4. The number of carbonyl (C=O) groups excluding carboxylic acids is 2. The average molecular weight is 519 g/mol. The van der Waals surface area contributed by atoms with Crippen molar-refractivity contribution in [1.82, 2.24) is 10.2 Å². The molecule has 1 heterocycles. The Bertz CT molecular complexity index is 978. The van der Waals surface area contributed by atoms with Gasteiger partial charge in [-0.1, -0.05) is 40.0 Å². The van der Waals surface area contributed by atoms with Gasteiger partial charge in [0, 0.05) is 30.6 Å². The minimum atomic E-state index is -1.09. The first kappa shape index (κ1) is 28.9. The molecule has 0 saturated heterocycles. The van der Waals surface area contributed by atoms with Crippen molar-refractivity contribution in [2.45, 2.75) is 83.6 Å². The third kappa shape index (κ3) is 6.45. The van der Waals surface area contributed by atoms with Crippen LogP contribution in [-0.2, 0) is 16.2 Å². The number of benzene rings is 1. The molecular formula is C28H42N2O7. The van der Waals surface area contributed by atoms with Gasteiger partial charge in [-0.15, -0.1) is 0 Å². The zero-order valence-electron chi connectivity index (χ0n) is 22.4. The molecule has 1 aliphatic heterocycles. The van der Waals surface area contributed by atoms with E-state index in [2.05, 4.69) is 12.2 Å². The summed E-state index contributed by atoms with van der Waals surface area (Å²) in [5.74, 6) is -0.129. The van der Waals surface area contributed by atoms with Gasteiger partial charge in [-0.05, 0) is 36.1 Å². The Morgan fingerprint density at radius 2 is 1.95 bits per heavy atom. The number of nitrogens with one attached hydrogen (secondary N) is 1. The standard InChI is InChI=1S/C28H42N2O7/c1-5-6-7-8-10-30(23(33)12-17(2)3)21-15-20(28(35)29-9-11-31)24-19-13-18(16-32)14-22(36-4)26(19)37-27(24)25(21)34/h13-15,17,21,24-25,27,31-32,34H,5-12,16H2,1-4H3,(H,29,35). The van der Waals surface area contributed by atoms with E-state index in [0.717, 1.165) is 25.7 Å². The van der Waals surface area contributed by atoms with Gasteiger partial charge in [0.15, 0.2) is 11.5 Å². The number of ether oxygens (including phenoxy) is 2. The zero-order valence-corrected chi connectivity index (χ0v) is 22.4. The van der Waals surface area contributed by atoms with Crippen LogP contribution < -0.4 is 14.8 Å². The fourth-order valence-corrected chi connectivity index (χ4v) is 5.23. The number of methoxy groups -OCH3 is 1. The van der Waals surface area contributed by atoms with E-state index in [4.69, 9.17) is 9.47 Å². The average Bonchev–Trinajstić information content (AvgIpc) is 3.27. The molecule has 37 heavy (non-hydrogen) atoms. The van der Waals surface area contributed by atoms with Crippen LogP contribution in [0.3, 0.4) is 0 Å². The van der Waals surface area contributed by atoms with Crippen LogP contribution in [0.15, 0.2) is 23.8 Å². The molecule has 4 unspecified atom stereocenters. The van der Waals surface area contributed by atoms with Gasteiger partial charge >= 0.3 is 0 Å². The Kier molecular flexibility index (Phi) is 10.4. The first-order chi connectivity index (χ1) is 17.8. The molecule has 3 rings (SSSR count). The summed E-state index contributed by atoms with van der Waals surface area (Å²) in [6, 6.07) is 2.68. The van der Waals surface area contributed by atoms with Gasteiger partial charge in [0.05, 0.1) is 32.3 Å². The van der Waals surface area contributed by atoms with Crippen LogP contribution in [0, 0.1) is 5.92 Å². The lowest BCUT2D eigenvalue weighted by atomic mass is 9.77. The highest BCUT2D eigenvalue weighted by Crippen LogP contribution is 2.51. The second-order valence-corrected chi connectivity index (χ2v) is 10.3. The molecule has 206 valence electrons. The Balaban J connectivity index is 2.07. The number of fused-ring (bicyclic) bond motifs is 3. The molecule has 4 N–H and O–H groups in total. The number of aliphatic hydroxyl groups excluding tert-OH is 3. The van der Waals surface area contributed by atoms with Crippen LogP contribution in [0.1, 0.15) is 69.9 Å². The number of aliphatic hydroxyl groups is 3. The zero-order chi connectivity index (χ0) is 27.1. The highest BCUT2D eigenvalue weighted by atomic mass is 16.5. The summed E-state index contributed by atoms with van der Waals surface area (Å²) in [6.45, 7) is 6.18. The normalized spacial score (nSPS) is 22.1. The van der Waals surface area contributed by atoms with E-state index in [1.54, 1.807) is 23.1 Å². The van der Waals surface area contributed by atoms with Crippen molar-refractivity contribution in [3.05, 3.63) is 34.9 Å². The lowest BCUT2D eigenvalue weighted by Gasteiger charge is -2.41. The first-order valence-corrected chi connectivity index (χ1v) is 13.3. The molecule has 4 atom stereocenters. The lowest BCUT2D eigenvalue weighted by Crippen LogP contribution is -2.56. The molecule has 0 spiro atoms. The van der Waals surface area contributed by atoms with Crippen molar-refractivity contribution in [2.75, 3.05) is 26.8 Å². The molecule has 0 aromatic heterocycles. The number of hydrogen-bond acceptors (Lipinski definition) is 7. The van der Waals surface area contributed by atoms with Crippen molar-refractivity contribution in [3.63, 3.8) is 0 Å². The topological polar surface area (TPSA) is 129 Å². The van der Waals surface area contributed by atoms with Gasteiger partial charge < -0.3 is 35.0 Å². The maximum absolute atomic E-state index is 13.4. The maximum Gasteiger partial charge on any atom is 0.247 e. The summed E-state index contributed by atoms with van der Waals surface area (Å²) < 4.78 is 11.7. The van der Waals surface area contributed by atoms with E-state index >= 15 is 0 Å². The van der Waals surface area contributed by atoms with Crippen molar-refractivity contribution in [3.8, 4) is 11.5 Å². The Hall–Kier alpha value is -2.62. The van der Waals surface area contributed by atoms with E-state index in [1.807, 2.05) is 13.8 Å². The van der Waals surface area contributed by atoms with E-state index in [9.17, 15) is 24.9 Å². The van der Waals surface area contributed by atoms with Crippen LogP contribution in [-0.4, -0.2) is 77.1 Å². The molecule has 0 saturated carbocycles. The molecule has 9 nitrogen and oxygen atoms in total. The highest BCUT2D eigenvalue weighted by Gasteiger charge is 2.51. The summed E-state index contributed by atoms with van der Waals surface area (Å²) in [7, 11) is 1.49. The van der Waals surface area contributed by atoms with Gasteiger partial charge in [0.2, 0.25) is 11.8 Å². The molecule has 1 aliphatic carbocycles. The second kappa shape index (κ2) is 13.3. The Morgan fingerprint density at radius 1 is 1.19 bits per heavy atom. The number of nitrogens with zero attached hydrogens (tertiary/aromatic N) is 1. The number of hydrogen-bond donors (Lipinski definition) is 4. The van der Waals surface area contributed by atoms with E-state index in [1.165, 1.54) is 7.11 Å². The molecule has 1 aromatic carbocycles. The smallest absolute Gasteiger partial charge is 0.247 e. The molecular weight excluding hydrogens is 476 g/mol. The van der Waals surface area contributed by atoms with Gasteiger partial charge in [-0.25, -0.2) is 0 Å². The van der Waals surface area contributed by atoms with Gasteiger partial charge in [-0.3, -0.25) is 9.59 Å². The molecule has 2 amide bonds. The van der Waals surface area contributed by atoms with Crippen LogP contribution in [0.4, 0.5) is 0 Å². The molecule has 0 bridgehead atoms.